The molecule has 0 bridgehead atoms. The number of rotatable bonds is 5. The first-order valence-corrected chi connectivity index (χ1v) is 7.81. The van der Waals surface area contributed by atoms with Gasteiger partial charge in [0.25, 0.3) is 5.91 Å². The Bertz CT molecular complexity index is 664. The molecule has 2 nitrogen and oxygen atoms in total. The largest absolute Gasteiger partial charge is 0.322 e. The molecular formula is C18H19NOS. The van der Waals surface area contributed by atoms with Gasteiger partial charge >= 0.3 is 0 Å². The molecule has 0 saturated carbocycles. The topological polar surface area (TPSA) is 29.1 Å². The van der Waals surface area contributed by atoms with E-state index in [0.29, 0.717) is 5.56 Å². The first kappa shape index (κ1) is 15.4. The molecule has 2 aromatic carbocycles. The van der Waals surface area contributed by atoms with Crippen molar-refractivity contribution in [2.24, 2.45) is 0 Å². The Balaban J connectivity index is 2.22. The smallest absolute Gasteiger partial charge is 0.256 e. The van der Waals surface area contributed by atoms with Gasteiger partial charge in [-0.15, -0.1) is 18.3 Å². The number of aryl methyl sites for hydroxylation is 2. The van der Waals surface area contributed by atoms with Gasteiger partial charge in [-0.3, -0.25) is 4.79 Å². The highest BCUT2D eigenvalue weighted by molar-refractivity contribution is 7.99. The summed E-state index contributed by atoms with van der Waals surface area (Å²) in [5.41, 5.74) is 3.81. The average Bonchev–Trinajstić information content (AvgIpc) is 2.48. The fourth-order valence-corrected chi connectivity index (χ4v) is 2.86. The van der Waals surface area contributed by atoms with Gasteiger partial charge in [-0.05, 0) is 37.6 Å². The molecule has 0 radical (unpaired) electrons. The van der Waals surface area contributed by atoms with Gasteiger partial charge in [-0.1, -0.05) is 35.9 Å². The summed E-state index contributed by atoms with van der Waals surface area (Å²) in [4.78, 5) is 13.5. The van der Waals surface area contributed by atoms with Gasteiger partial charge < -0.3 is 5.32 Å². The molecule has 3 heteroatoms. The fraction of sp³-hybridized carbons (Fsp3) is 0.167. The van der Waals surface area contributed by atoms with E-state index in [4.69, 9.17) is 0 Å². The number of hydrogen-bond acceptors (Lipinski definition) is 2. The molecule has 0 aliphatic rings. The third kappa shape index (κ3) is 3.99. The standard InChI is InChI=1S/C18H19NOS/c1-4-11-21-17-8-6-5-7-15(17)18(20)19-16-10-9-13(2)12-14(16)3/h4-10,12H,1,11H2,2-3H3,(H,19,20). The van der Waals surface area contributed by atoms with E-state index in [1.165, 1.54) is 5.56 Å². The summed E-state index contributed by atoms with van der Waals surface area (Å²) < 4.78 is 0. The van der Waals surface area contributed by atoms with Crippen LogP contribution in [-0.2, 0) is 0 Å². The zero-order chi connectivity index (χ0) is 15.2. The van der Waals surface area contributed by atoms with E-state index >= 15 is 0 Å². The predicted molar refractivity (Wildman–Crippen MR) is 91.2 cm³/mol. The van der Waals surface area contributed by atoms with Crippen LogP contribution in [0.15, 0.2) is 60.0 Å². The lowest BCUT2D eigenvalue weighted by Crippen LogP contribution is -2.13. The second-order valence-electron chi connectivity index (χ2n) is 4.87. The molecule has 0 heterocycles. The van der Waals surface area contributed by atoms with E-state index in [1.807, 2.05) is 56.3 Å². The van der Waals surface area contributed by atoms with Crippen LogP contribution in [0.4, 0.5) is 5.69 Å². The predicted octanol–water partition coefficient (Wildman–Crippen LogP) is 4.83. The van der Waals surface area contributed by atoms with Crippen LogP contribution in [0.25, 0.3) is 0 Å². The number of amides is 1. The fourth-order valence-electron chi connectivity index (χ4n) is 2.07. The third-order valence-corrected chi connectivity index (χ3v) is 4.19. The van der Waals surface area contributed by atoms with Crippen LogP contribution < -0.4 is 5.32 Å². The van der Waals surface area contributed by atoms with Crippen molar-refractivity contribution in [3.05, 3.63) is 71.8 Å². The molecule has 0 saturated heterocycles. The minimum atomic E-state index is -0.0749. The summed E-state index contributed by atoms with van der Waals surface area (Å²) in [6.07, 6.45) is 1.84. The lowest BCUT2D eigenvalue weighted by atomic mass is 10.1. The Morgan fingerprint density at radius 3 is 2.71 bits per heavy atom. The molecule has 2 rings (SSSR count). The molecule has 0 fully saturated rings. The number of nitrogens with one attached hydrogen (secondary N) is 1. The van der Waals surface area contributed by atoms with Crippen molar-refractivity contribution in [3.63, 3.8) is 0 Å². The second kappa shape index (κ2) is 7.14. The number of carbonyl (C=O) groups excluding carboxylic acids is 1. The second-order valence-corrected chi connectivity index (χ2v) is 5.93. The van der Waals surface area contributed by atoms with Gasteiger partial charge in [0.2, 0.25) is 0 Å². The van der Waals surface area contributed by atoms with Gasteiger partial charge in [0.1, 0.15) is 0 Å². The van der Waals surface area contributed by atoms with Crippen LogP contribution in [-0.4, -0.2) is 11.7 Å². The normalized spacial score (nSPS) is 10.2. The first-order chi connectivity index (χ1) is 10.1. The molecule has 0 unspecified atom stereocenters. The molecule has 2 aromatic rings. The Labute approximate surface area is 130 Å². The third-order valence-electron chi connectivity index (χ3n) is 3.12. The first-order valence-electron chi connectivity index (χ1n) is 6.83. The van der Waals surface area contributed by atoms with E-state index in [1.54, 1.807) is 11.8 Å². The number of anilines is 1. The van der Waals surface area contributed by atoms with Crippen molar-refractivity contribution >= 4 is 23.4 Å². The Hall–Kier alpha value is -2.00. The molecule has 0 aromatic heterocycles. The Kier molecular flexibility index (Phi) is 5.23. The maximum absolute atomic E-state index is 12.5. The summed E-state index contributed by atoms with van der Waals surface area (Å²) in [6, 6.07) is 13.7. The number of carbonyl (C=O) groups is 1. The quantitative estimate of drug-likeness (QED) is 0.632. The minimum Gasteiger partial charge on any atom is -0.322 e. The summed E-state index contributed by atoms with van der Waals surface area (Å²) in [6.45, 7) is 7.76. The maximum atomic E-state index is 12.5. The zero-order valence-corrected chi connectivity index (χ0v) is 13.2. The summed E-state index contributed by atoms with van der Waals surface area (Å²) in [5.74, 6) is 0.711. The van der Waals surface area contributed by atoms with E-state index in [2.05, 4.69) is 18.0 Å². The van der Waals surface area contributed by atoms with Crippen molar-refractivity contribution in [2.75, 3.05) is 11.1 Å². The molecule has 0 aliphatic carbocycles. The van der Waals surface area contributed by atoms with Gasteiger partial charge in [-0.2, -0.15) is 0 Å². The number of benzene rings is 2. The van der Waals surface area contributed by atoms with Crippen LogP contribution in [0.5, 0.6) is 0 Å². The highest BCUT2D eigenvalue weighted by Crippen LogP contribution is 2.24. The van der Waals surface area contributed by atoms with Crippen LogP contribution >= 0.6 is 11.8 Å². The SMILES string of the molecule is C=CCSc1ccccc1C(=O)Nc1ccc(C)cc1C. The summed E-state index contributed by atoms with van der Waals surface area (Å²) in [5, 5.41) is 2.99. The zero-order valence-electron chi connectivity index (χ0n) is 12.3. The minimum absolute atomic E-state index is 0.0749. The monoisotopic (exact) mass is 297 g/mol. The summed E-state index contributed by atoms with van der Waals surface area (Å²) in [7, 11) is 0. The lowest BCUT2D eigenvalue weighted by Gasteiger charge is -2.11. The van der Waals surface area contributed by atoms with Crippen molar-refractivity contribution in [1.82, 2.24) is 0 Å². The van der Waals surface area contributed by atoms with Crippen molar-refractivity contribution in [2.45, 2.75) is 18.7 Å². The van der Waals surface area contributed by atoms with Gasteiger partial charge in [0.15, 0.2) is 0 Å². The maximum Gasteiger partial charge on any atom is 0.256 e. The van der Waals surface area contributed by atoms with Gasteiger partial charge in [-0.25, -0.2) is 0 Å². The van der Waals surface area contributed by atoms with Crippen LogP contribution in [0.3, 0.4) is 0 Å². The lowest BCUT2D eigenvalue weighted by molar-refractivity contribution is 0.102. The molecule has 21 heavy (non-hydrogen) atoms. The molecule has 1 amide bonds. The Morgan fingerprint density at radius 1 is 1.24 bits per heavy atom. The molecular weight excluding hydrogens is 278 g/mol. The van der Waals surface area contributed by atoms with Crippen LogP contribution in [0.2, 0.25) is 0 Å². The Morgan fingerprint density at radius 2 is 2.00 bits per heavy atom. The van der Waals surface area contributed by atoms with E-state index in [0.717, 1.165) is 21.9 Å². The van der Waals surface area contributed by atoms with Gasteiger partial charge in [0, 0.05) is 16.3 Å². The highest BCUT2D eigenvalue weighted by atomic mass is 32.2. The number of thioether (sulfide) groups is 1. The van der Waals surface area contributed by atoms with E-state index < -0.39 is 0 Å². The number of hydrogen-bond donors (Lipinski definition) is 1. The molecule has 0 atom stereocenters. The average molecular weight is 297 g/mol. The van der Waals surface area contributed by atoms with Crippen molar-refractivity contribution in [3.8, 4) is 0 Å². The van der Waals surface area contributed by atoms with Crippen molar-refractivity contribution in [1.29, 1.82) is 0 Å². The summed E-state index contributed by atoms with van der Waals surface area (Å²) >= 11 is 1.61. The van der Waals surface area contributed by atoms with Crippen LogP contribution in [0.1, 0.15) is 21.5 Å². The molecule has 0 spiro atoms. The van der Waals surface area contributed by atoms with E-state index in [9.17, 15) is 4.79 Å². The molecule has 1 N–H and O–H groups in total. The van der Waals surface area contributed by atoms with Crippen molar-refractivity contribution < 1.29 is 4.79 Å². The molecule has 0 aliphatic heterocycles. The van der Waals surface area contributed by atoms with E-state index in [-0.39, 0.29) is 5.91 Å². The van der Waals surface area contributed by atoms with Crippen LogP contribution in [0, 0.1) is 13.8 Å². The molecule has 108 valence electrons. The van der Waals surface area contributed by atoms with Gasteiger partial charge in [0.05, 0.1) is 5.56 Å². The highest BCUT2D eigenvalue weighted by Gasteiger charge is 2.12.